The molecule has 3 rings (SSSR count). The van der Waals surface area contributed by atoms with E-state index in [1.54, 1.807) is 4.57 Å². The van der Waals surface area contributed by atoms with Crippen LogP contribution >= 0.6 is 0 Å². The molecule has 2 aliphatic heterocycles. The van der Waals surface area contributed by atoms with Crippen molar-refractivity contribution in [2.75, 3.05) is 0 Å². The van der Waals surface area contributed by atoms with Gasteiger partial charge in [0, 0.05) is 18.0 Å². The summed E-state index contributed by atoms with van der Waals surface area (Å²) < 4.78 is 1.67. The van der Waals surface area contributed by atoms with E-state index < -0.39 is 0 Å². The van der Waals surface area contributed by atoms with E-state index >= 15 is 0 Å². The molecule has 0 radical (unpaired) electrons. The molecule has 0 saturated heterocycles. The SMILES string of the molecule is Cc1cc2c[nH]c(-c3ccccc3)cn-2c1=O. The summed E-state index contributed by atoms with van der Waals surface area (Å²) in [6.45, 7) is 1.83. The Morgan fingerprint density at radius 2 is 1.94 bits per heavy atom. The molecule has 0 spiro atoms. The maximum Gasteiger partial charge on any atom is 0.258 e. The van der Waals surface area contributed by atoms with Crippen LogP contribution in [-0.2, 0) is 0 Å². The summed E-state index contributed by atoms with van der Waals surface area (Å²) in [6, 6.07) is 11.8. The number of aryl methyl sites for hydroxylation is 1. The van der Waals surface area contributed by atoms with Gasteiger partial charge in [-0.25, -0.2) is 0 Å². The first-order valence-electron chi connectivity index (χ1n) is 5.51. The fourth-order valence-corrected chi connectivity index (χ4v) is 2.00. The van der Waals surface area contributed by atoms with Gasteiger partial charge in [0.1, 0.15) is 0 Å². The van der Waals surface area contributed by atoms with Gasteiger partial charge in [-0.2, -0.15) is 0 Å². The molecule has 0 aromatic heterocycles. The summed E-state index contributed by atoms with van der Waals surface area (Å²) in [5, 5.41) is 0. The zero-order valence-electron chi connectivity index (χ0n) is 9.47. The predicted molar refractivity (Wildman–Crippen MR) is 67.7 cm³/mol. The van der Waals surface area contributed by atoms with Crippen molar-refractivity contribution in [1.29, 1.82) is 0 Å². The Labute approximate surface area is 98.7 Å². The molecule has 2 aliphatic rings. The van der Waals surface area contributed by atoms with Crippen LogP contribution in [0.15, 0.2) is 53.6 Å². The third kappa shape index (κ3) is 1.56. The number of hydrogen-bond acceptors (Lipinski definition) is 1. The topological polar surface area (TPSA) is 37.8 Å². The molecule has 1 N–H and O–H groups in total. The minimum Gasteiger partial charge on any atom is -0.358 e. The van der Waals surface area contributed by atoms with Crippen LogP contribution in [0.2, 0.25) is 0 Å². The maximum atomic E-state index is 11.9. The monoisotopic (exact) mass is 224 g/mol. The normalized spacial score (nSPS) is 10.9. The van der Waals surface area contributed by atoms with Crippen LogP contribution in [0.3, 0.4) is 0 Å². The predicted octanol–water partition coefficient (Wildman–Crippen LogP) is 2.58. The van der Waals surface area contributed by atoms with Gasteiger partial charge >= 0.3 is 0 Å². The lowest BCUT2D eigenvalue weighted by Gasteiger charge is -2.07. The highest BCUT2D eigenvalue weighted by Gasteiger charge is 2.09. The first kappa shape index (κ1) is 9.90. The molecule has 84 valence electrons. The molecule has 0 unspecified atom stereocenters. The summed E-state index contributed by atoms with van der Waals surface area (Å²) >= 11 is 0. The number of nitrogens with one attached hydrogen (secondary N) is 1. The fraction of sp³-hybridized carbons (Fsp3) is 0.0714. The number of fused-ring (bicyclic) bond motifs is 1. The van der Waals surface area contributed by atoms with E-state index in [9.17, 15) is 4.79 Å². The Hall–Kier alpha value is -2.29. The van der Waals surface area contributed by atoms with Crippen molar-refractivity contribution >= 4 is 0 Å². The van der Waals surface area contributed by atoms with Crippen molar-refractivity contribution in [3.05, 3.63) is 64.7 Å². The molecular weight excluding hydrogens is 212 g/mol. The maximum absolute atomic E-state index is 11.9. The number of nitrogens with zero attached hydrogens (tertiary/aromatic N) is 1. The van der Waals surface area contributed by atoms with Gasteiger partial charge in [-0.05, 0) is 18.6 Å². The Balaban J connectivity index is 2.24. The van der Waals surface area contributed by atoms with Crippen LogP contribution < -0.4 is 5.56 Å². The number of benzene rings is 1. The zero-order valence-corrected chi connectivity index (χ0v) is 9.47. The van der Waals surface area contributed by atoms with Gasteiger partial charge in [-0.15, -0.1) is 0 Å². The van der Waals surface area contributed by atoms with E-state index in [1.165, 1.54) is 0 Å². The molecule has 0 atom stereocenters. The third-order valence-electron chi connectivity index (χ3n) is 2.92. The molecule has 3 heteroatoms. The molecule has 0 amide bonds. The van der Waals surface area contributed by atoms with Crippen LogP contribution in [0.4, 0.5) is 0 Å². The number of hydrogen-bond donors (Lipinski definition) is 1. The van der Waals surface area contributed by atoms with E-state index in [0.717, 1.165) is 22.5 Å². The highest BCUT2D eigenvalue weighted by atomic mass is 16.1. The number of H-pyrrole nitrogens is 1. The van der Waals surface area contributed by atoms with Crippen LogP contribution in [0, 0.1) is 6.92 Å². The van der Waals surface area contributed by atoms with Gasteiger partial charge in [-0.3, -0.25) is 9.36 Å². The molecule has 0 aliphatic carbocycles. The minimum atomic E-state index is 0.0474. The van der Waals surface area contributed by atoms with E-state index in [1.807, 2.05) is 55.7 Å². The van der Waals surface area contributed by atoms with E-state index in [0.29, 0.717) is 0 Å². The van der Waals surface area contributed by atoms with E-state index in [4.69, 9.17) is 0 Å². The van der Waals surface area contributed by atoms with Gasteiger partial charge in [-0.1, -0.05) is 30.3 Å². The number of aromatic amines is 1. The minimum absolute atomic E-state index is 0.0474. The Morgan fingerprint density at radius 3 is 2.71 bits per heavy atom. The van der Waals surface area contributed by atoms with Gasteiger partial charge in [0.05, 0.1) is 11.4 Å². The largest absolute Gasteiger partial charge is 0.358 e. The Kier molecular flexibility index (Phi) is 2.11. The summed E-state index contributed by atoms with van der Waals surface area (Å²) in [5.74, 6) is 0. The molecule has 17 heavy (non-hydrogen) atoms. The Morgan fingerprint density at radius 1 is 1.18 bits per heavy atom. The molecule has 0 fully saturated rings. The first-order chi connectivity index (χ1) is 8.25. The molecule has 2 heterocycles. The second-order valence-electron chi connectivity index (χ2n) is 4.12. The molecule has 1 aromatic rings. The number of rotatable bonds is 1. The van der Waals surface area contributed by atoms with Crippen LogP contribution in [0.25, 0.3) is 16.9 Å². The quantitative estimate of drug-likeness (QED) is 0.677. The zero-order chi connectivity index (χ0) is 11.8. The summed E-state index contributed by atoms with van der Waals surface area (Å²) in [5.41, 5.74) is 3.72. The van der Waals surface area contributed by atoms with E-state index in [2.05, 4.69) is 4.98 Å². The lowest BCUT2D eigenvalue weighted by molar-refractivity contribution is 0.988. The average molecular weight is 224 g/mol. The van der Waals surface area contributed by atoms with Gasteiger partial charge < -0.3 is 4.98 Å². The van der Waals surface area contributed by atoms with Crippen molar-refractivity contribution in [2.45, 2.75) is 6.92 Å². The summed E-state index contributed by atoms with van der Waals surface area (Å²) in [7, 11) is 0. The van der Waals surface area contributed by atoms with Crippen molar-refractivity contribution in [1.82, 2.24) is 9.55 Å². The third-order valence-corrected chi connectivity index (χ3v) is 2.92. The lowest BCUT2D eigenvalue weighted by atomic mass is 10.2. The molecule has 0 saturated carbocycles. The molecule has 1 aromatic carbocycles. The van der Waals surface area contributed by atoms with Crippen LogP contribution in [0.5, 0.6) is 0 Å². The van der Waals surface area contributed by atoms with Gasteiger partial charge in [0.2, 0.25) is 0 Å². The second kappa shape index (κ2) is 3.63. The van der Waals surface area contributed by atoms with Crippen LogP contribution in [-0.4, -0.2) is 9.55 Å². The fourth-order valence-electron chi connectivity index (χ4n) is 2.00. The van der Waals surface area contributed by atoms with Crippen molar-refractivity contribution in [2.24, 2.45) is 0 Å². The summed E-state index contributed by atoms with van der Waals surface area (Å²) in [6.07, 6.45) is 3.71. The van der Waals surface area contributed by atoms with Crippen molar-refractivity contribution in [3.8, 4) is 16.9 Å². The van der Waals surface area contributed by atoms with Gasteiger partial charge in [0.15, 0.2) is 0 Å². The standard InChI is InChI=1S/C14H12N2O/c1-10-7-12-8-15-13(9-16(12)14(10)17)11-5-3-2-4-6-11/h2-9,15H,1H3. The summed E-state index contributed by atoms with van der Waals surface area (Å²) in [4.78, 5) is 15.1. The number of aromatic nitrogens is 2. The second-order valence-corrected chi connectivity index (χ2v) is 4.12. The van der Waals surface area contributed by atoms with Crippen molar-refractivity contribution in [3.63, 3.8) is 0 Å². The van der Waals surface area contributed by atoms with Gasteiger partial charge in [0.25, 0.3) is 5.56 Å². The van der Waals surface area contributed by atoms with E-state index in [-0.39, 0.29) is 5.56 Å². The first-order valence-corrected chi connectivity index (χ1v) is 5.51. The molecular formula is C14H12N2O. The Bertz CT molecular complexity index is 679. The molecule has 3 nitrogen and oxygen atoms in total. The highest BCUT2D eigenvalue weighted by molar-refractivity contribution is 5.59. The van der Waals surface area contributed by atoms with Crippen LogP contribution in [0.1, 0.15) is 5.56 Å². The highest BCUT2D eigenvalue weighted by Crippen LogP contribution is 2.18. The average Bonchev–Trinajstić information content (AvgIpc) is 2.66. The van der Waals surface area contributed by atoms with Crippen molar-refractivity contribution < 1.29 is 0 Å². The smallest absolute Gasteiger partial charge is 0.258 e. The molecule has 0 bridgehead atoms. The lowest BCUT2D eigenvalue weighted by Crippen LogP contribution is -2.13.